The monoisotopic (exact) mass is 256 g/mol. The highest BCUT2D eigenvalue weighted by atomic mass is 16.5. The van der Waals surface area contributed by atoms with Crippen molar-refractivity contribution in [1.82, 2.24) is 10.2 Å². The van der Waals surface area contributed by atoms with Gasteiger partial charge in [-0.15, -0.1) is 0 Å². The topological polar surface area (TPSA) is 41.6 Å². The van der Waals surface area contributed by atoms with Crippen LogP contribution in [0.4, 0.5) is 0 Å². The van der Waals surface area contributed by atoms with Gasteiger partial charge in [0.25, 0.3) is 0 Å². The smallest absolute Gasteiger partial charge is 0.324 e. The molecule has 0 aromatic rings. The molecule has 0 aromatic heterocycles. The summed E-state index contributed by atoms with van der Waals surface area (Å²) in [6, 6.07) is -0.192. The fraction of sp³-hybridized carbons (Fsp3) is 0.929. The summed E-state index contributed by atoms with van der Waals surface area (Å²) in [5.74, 6) is 0.738. The van der Waals surface area contributed by atoms with E-state index in [-0.39, 0.29) is 12.0 Å². The SMILES string of the molecule is CCOC(=O)C(CN1CCCC(CC)CC1)NC. The summed E-state index contributed by atoms with van der Waals surface area (Å²) in [6.07, 6.45) is 5.12. The first kappa shape index (κ1) is 15.4. The van der Waals surface area contributed by atoms with E-state index in [0.29, 0.717) is 6.61 Å². The summed E-state index contributed by atoms with van der Waals surface area (Å²) in [4.78, 5) is 14.1. The van der Waals surface area contributed by atoms with Crippen molar-refractivity contribution in [2.45, 2.75) is 45.6 Å². The van der Waals surface area contributed by atoms with Gasteiger partial charge in [0.05, 0.1) is 6.61 Å². The highest BCUT2D eigenvalue weighted by Crippen LogP contribution is 2.20. The van der Waals surface area contributed by atoms with Crippen molar-refractivity contribution in [3.63, 3.8) is 0 Å². The molecule has 1 fully saturated rings. The van der Waals surface area contributed by atoms with Gasteiger partial charge in [0.15, 0.2) is 0 Å². The van der Waals surface area contributed by atoms with Crippen molar-refractivity contribution in [3.05, 3.63) is 0 Å². The van der Waals surface area contributed by atoms with Gasteiger partial charge in [-0.2, -0.15) is 0 Å². The zero-order valence-corrected chi connectivity index (χ0v) is 12.1. The van der Waals surface area contributed by atoms with E-state index in [9.17, 15) is 4.79 Å². The fourth-order valence-corrected chi connectivity index (χ4v) is 2.60. The maximum absolute atomic E-state index is 11.7. The van der Waals surface area contributed by atoms with E-state index in [0.717, 1.165) is 25.6 Å². The Morgan fingerprint density at radius 1 is 1.39 bits per heavy atom. The van der Waals surface area contributed by atoms with Gasteiger partial charge in [0.2, 0.25) is 0 Å². The highest BCUT2D eigenvalue weighted by Gasteiger charge is 2.23. The molecule has 0 aromatic carbocycles. The molecule has 2 atom stereocenters. The molecule has 1 aliphatic rings. The number of nitrogens with one attached hydrogen (secondary N) is 1. The number of likely N-dealkylation sites (tertiary alicyclic amines) is 1. The molecule has 0 spiro atoms. The van der Waals surface area contributed by atoms with E-state index in [4.69, 9.17) is 4.74 Å². The van der Waals surface area contributed by atoms with E-state index in [1.54, 1.807) is 0 Å². The van der Waals surface area contributed by atoms with Crippen LogP contribution in [0.1, 0.15) is 39.5 Å². The molecule has 1 rings (SSSR count). The largest absolute Gasteiger partial charge is 0.465 e. The average molecular weight is 256 g/mol. The molecule has 106 valence electrons. The lowest BCUT2D eigenvalue weighted by Crippen LogP contribution is -2.45. The Kier molecular flexibility index (Phi) is 7.28. The summed E-state index contributed by atoms with van der Waals surface area (Å²) in [6.45, 7) is 7.56. The van der Waals surface area contributed by atoms with E-state index < -0.39 is 0 Å². The fourth-order valence-electron chi connectivity index (χ4n) is 2.60. The molecule has 2 unspecified atom stereocenters. The van der Waals surface area contributed by atoms with Gasteiger partial charge in [0.1, 0.15) is 6.04 Å². The van der Waals surface area contributed by atoms with Crippen molar-refractivity contribution < 1.29 is 9.53 Å². The van der Waals surface area contributed by atoms with Gasteiger partial charge >= 0.3 is 5.97 Å². The second kappa shape index (κ2) is 8.48. The van der Waals surface area contributed by atoms with Crippen LogP contribution in [0.3, 0.4) is 0 Å². The molecule has 1 N–H and O–H groups in total. The van der Waals surface area contributed by atoms with Gasteiger partial charge in [0, 0.05) is 6.54 Å². The molecule has 0 amide bonds. The van der Waals surface area contributed by atoms with Gasteiger partial charge < -0.3 is 15.0 Å². The Hall–Kier alpha value is -0.610. The Balaban J connectivity index is 2.41. The predicted molar refractivity (Wildman–Crippen MR) is 73.6 cm³/mol. The molecular formula is C14H28N2O2. The second-order valence-corrected chi connectivity index (χ2v) is 5.10. The minimum atomic E-state index is -0.192. The zero-order chi connectivity index (χ0) is 13.4. The highest BCUT2D eigenvalue weighted by molar-refractivity contribution is 5.76. The van der Waals surface area contributed by atoms with Crippen LogP contribution in [0.5, 0.6) is 0 Å². The number of likely N-dealkylation sites (N-methyl/N-ethyl adjacent to an activating group) is 1. The van der Waals surface area contributed by atoms with E-state index in [1.165, 1.54) is 25.7 Å². The summed E-state index contributed by atoms with van der Waals surface area (Å²) in [7, 11) is 1.83. The summed E-state index contributed by atoms with van der Waals surface area (Å²) >= 11 is 0. The molecule has 4 heteroatoms. The maximum Gasteiger partial charge on any atom is 0.324 e. The number of carbonyl (C=O) groups excluding carboxylic acids is 1. The molecular weight excluding hydrogens is 228 g/mol. The van der Waals surface area contributed by atoms with Crippen molar-refractivity contribution in [1.29, 1.82) is 0 Å². The molecule has 0 aliphatic carbocycles. The lowest BCUT2D eigenvalue weighted by atomic mass is 9.98. The van der Waals surface area contributed by atoms with Crippen LogP contribution in [0.25, 0.3) is 0 Å². The van der Waals surface area contributed by atoms with E-state index >= 15 is 0 Å². The Morgan fingerprint density at radius 2 is 2.17 bits per heavy atom. The molecule has 18 heavy (non-hydrogen) atoms. The third-order valence-electron chi connectivity index (χ3n) is 3.88. The molecule has 4 nitrogen and oxygen atoms in total. The van der Waals surface area contributed by atoms with Crippen LogP contribution in [-0.2, 0) is 9.53 Å². The number of ether oxygens (including phenoxy) is 1. The number of carbonyl (C=O) groups is 1. The second-order valence-electron chi connectivity index (χ2n) is 5.10. The number of esters is 1. The summed E-state index contributed by atoms with van der Waals surface area (Å²) in [5.41, 5.74) is 0. The van der Waals surface area contributed by atoms with Crippen molar-refractivity contribution >= 4 is 5.97 Å². The Morgan fingerprint density at radius 3 is 2.78 bits per heavy atom. The van der Waals surface area contributed by atoms with Crippen molar-refractivity contribution in [2.75, 3.05) is 33.3 Å². The average Bonchev–Trinajstić information content (AvgIpc) is 2.61. The molecule has 1 aliphatic heterocycles. The normalized spacial score (nSPS) is 23.4. The van der Waals surface area contributed by atoms with Crippen LogP contribution in [0.15, 0.2) is 0 Å². The van der Waals surface area contributed by atoms with Gasteiger partial charge in [-0.25, -0.2) is 0 Å². The van der Waals surface area contributed by atoms with Gasteiger partial charge in [-0.05, 0) is 52.2 Å². The van der Waals surface area contributed by atoms with Crippen molar-refractivity contribution in [3.8, 4) is 0 Å². The van der Waals surface area contributed by atoms with Crippen LogP contribution >= 0.6 is 0 Å². The van der Waals surface area contributed by atoms with Crippen LogP contribution in [0.2, 0.25) is 0 Å². The molecule has 0 saturated carbocycles. The molecule has 0 bridgehead atoms. The maximum atomic E-state index is 11.7. The molecule has 1 heterocycles. The van der Waals surface area contributed by atoms with Gasteiger partial charge in [-0.3, -0.25) is 4.79 Å². The third kappa shape index (κ3) is 4.94. The van der Waals surface area contributed by atoms with Crippen LogP contribution in [0, 0.1) is 5.92 Å². The van der Waals surface area contributed by atoms with Crippen molar-refractivity contribution in [2.24, 2.45) is 5.92 Å². The number of rotatable bonds is 6. The minimum absolute atomic E-state index is 0.128. The first-order chi connectivity index (χ1) is 8.71. The number of hydrogen-bond donors (Lipinski definition) is 1. The number of nitrogens with zero attached hydrogens (tertiary/aromatic N) is 1. The first-order valence-corrected chi connectivity index (χ1v) is 7.27. The summed E-state index contributed by atoms with van der Waals surface area (Å²) < 4.78 is 5.08. The predicted octanol–water partition coefficient (Wildman–Crippen LogP) is 1.65. The molecule has 0 radical (unpaired) electrons. The zero-order valence-electron chi connectivity index (χ0n) is 12.1. The Bertz CT molecular complexity index is 246. The number of hydrogen-bond acceptors (Lipinski definition) is 4. The lowest BCUT2D eigenvalue weighted by Gasteiger charge is -2.24. The molecule has 1 saturated heterocycles. The Labute approximate surface area is 111 Å². The summed E-state index contributed by atoms with van der Waals surface area (Å²) in [5, 5.41) is 3.06. The quantitative estimate of drug-likeness (QED) is 0.734. The van der Waals surface area contributed by atoms with Gasteiger partial charge in [-0.1, -0.05) is 13.3 Å². The standard InChI is InChI=1S/C14H28N2O2/c1-4-12-7-6-9-16(10-8-12)11-13(15-3)14(17)18-5-2/h12-13,15H,4-11H2,1-3H3. The minimum Gasteiger partial charge on any atom is -0.465 e. The van der Waals surface area contributed by atoms with E-state index in [1.807, 2.05) is 14.0 Å². The van der Waals surface area contributed by atoms with Crippen LogP contribution < -0.4 is 5.32 Å². The van der Waals surface area contributed by atoms with Crippen LogP contribution in [-0.4, -0.2) is 50.2 Å². The third-order valence-corrected chi connectivity index (χ3v) is 3.88. The first-order valence-electron chi connectivity index (χ1n) is 7.27. The lowest BCUT2D eigenvalue weighted by molar-refractivity contribution is -0.146. The van der Waals surface area contributed by atoms with E-state index in [2.05, 4.69) is 17.1 Å².